The molecule has 2 heterocycles. The molecule has 0 bridgehead atoms. The molecule has 7 heteroatoms. The van der Waals surface area contributed by atoms with Crippen molar-refractivity contribution in [1.29, 1.82) is 0 Å². The average Bonchev–Trinajstić information content (AvgIpc) is 2.56. The van der Waals surface area contributed by atoms with Crippen LogP contribution >= 0.6 is 11.6 Å². The number of ether oxygens (including phenoxy) is 1. The molecule has 1 aliphatic rings. The number of nitrogens with zero attached hydrogens (tertiary/aromatic N) is 2. The standard InChI is InChI=1S/C19H23ClN2O3S/c1-13-9-14(2)19(15(3)10-13)26(23,24)22-8-4-5-16(12-22)25-18-6-7-21-11-17(18)20/h6-7,9-11,16H,4-5,8,12H2,1-3H3/t16-/m0/s1. The first kappa shape index (κ1) is 19.1. The zero-order valence-corrected chi connectivity index (χ0v) is 16.8. The number of halogens is 1. The van der Waals surface area contributed by atoms with Crippen LogP contribution in [0.1, 0.15) is 29.5 Å². The van der Waals surface area contributed by atoms with Crippen LogP contribution in [0.25, 0.3) is 0 Å². The Balaban J connectivity index is 1.84. The highest BCUT2D eigenvalue weighted by molar-refractivity contribution is 7.89. The van der Waals surface area contributed by atoms with Crippen LogP contribution in [0.4, 0.5) is 0 Å². The smallest absolute Gasteiger partial charge is 0.243 e. The highest BCUT2D eigenvalue weighted by Crippen LogP contribution is 2.30. The Morgan fingerprint density at radius 2 is 1.92 bits per heavy atom. The summed E-state index contributed by atoms with van der Waals surface area (Å²) in [6.07, 6.45) is 4.43. The lowest BCUT2D eigenvalue weighted by Crippen LogP contribution is -2.44. The zero-order chi connectivity index (χ0) is 18.9. The third-order valence-corrected chi connectivity index (χ3v) is 7.03. The minimum Gasteiger partial charge on any atom is -0.487 e. The Kier molecular flexibility index (Phi) is 5.55. The van der Waals surface area contributed by atoms with Gasteiger partial charge >= 0.3 is 0 Å². The van der Waals surface area contributed by atoms with Crippen LogP contribution in [-0.2, 0) is 10.0 Å². The van der Waals surface area contributed by atoms with E-state index < -0.39 is 10.0 Å². The molecule has 26 heavy (non-hydrogen) atoms. The van der Waals surface area contributed by atoms with E-state index >= 15 is 0 Å². The molecular weight excluding hydrogens is 372 g/mol. The fourth-order valence-corrected chi connectivity index (χ4v) is 5.65. The third-order valence-electron chi connectivity index (χ3n) is 4.57. The molecule has 2 aromatic rings. The largest absolute Gasteiger partial charge is 0.487 e. The number of piperidine rings is 1. The van der Waals surface area contributed by atoms with Crippen LogP contribution in [0.5, 0.6) is 5.75 Å². The molecule has 0 amide bonds. The van der Waals surface area contributed by atoms with Crippen LogP contribution in [-0.4, -0.2) is 36.9 Å². The van der Waals surface area contributed by atoms with Gasteiger partial charge in [-0.25, -0.2) is 8.42 Å². The lowest BCUT2D eigenvalue weighted by atomic mass is 10.1. The Labute approximate surface area is 160 Å². The van der Waals surface area contributed by atoms with Crippen molar-refractivity contribution < 1.29 is 13.2 Å². The molecule has 140 valence electrons. The maximum Gasteiger partial charge on any atom is 0.243 e. The summed E-state index contributed by atoms with van der Waals surface area (Å²) in [7, 11) is -3.57. The van der Waals surface area contributed by atoms with E-state index in [1.54, 1.807) is 12.3 Å². The highest BCUT2D eigenvalue weighted by atomic mass is 35.5. The molecule has 0 spiro atoms. The lowest BCUT2D eigenvalue weighted by molar-refractivity contribution is 0.129. The van der Waals surface area contributed by atoms with Crippen molar-refractivity contribution in [3.05, 3.63) is 52.3 Å². The van der Waals surface area contributed by atoms with Crippen LogP contribution in [0.15, 0.2) is 35.5 Å². The Morgan fingerprint density at radius 1 is 1.23 bits per heavy atom. The molecule has 0 radical (unpaired) electrons. The van der Waals surface area contributed by atoms with Crippen LogP contribution < -0.4 is 4.74 Å². The quantitative estimate of drug-likeness (QED) is 0.789. The normalized spacial score (nSPS) is 18.7. The predicted molar refractivity (Wildman–Crippen MR) is 102 cm³/mol. The number of sulfonamides is 1. The van der Waals surface area contributed by atoms with Gasteiger partial charge in [-0.1, -0.05) is 29.3 Å². The molecular formula is C19H23ClN2O3S. The van der Waals surface area contributed by atoms with Crippen molar-refractivity contribution in [2.45, 2.75) is 44.6 Å². The van der Waals surface area contributed by atoms with Crippen LogP contribution in [0, 0.1) is 20.8 Å². The summed E-state index contributed by atoms with van der Waals surface area (Å²) in [5, 5.41) is 0.428. The average molecular weight is 395 g/mol. The fourth-order valence-electron chi connectivity index (χ4n) is 3.56. The van der Waals surface area contributed by atoms with Gasteiger partial charge in [-0.05, 0) is 44.7 Å². The van der Waals surface area contributed by atoms with E-state index in [4.69, 9.17) is 16.3 Å². The molecule has 0 unspecified atom stereocenters. The van der Waals surface area contributed by atoms with Crippen molar-refractivity contribution in [3.8, 4) is 5.75 Å². The van der Waals surface area contributed by atoms with Gasteiger partial charge in [-0.3, -0.25) is 4.98 Å². The molecule has 1 atom stereocenters. The second kappa shape index (κ2) is 7.55. The molecule has 0 saturated carbocycles. The summed E-state index contributed by atoms with van der Waals surface area (Å²) in [6, 6.07) is 5.52. The first-order chi connectivity index (χ1) is 12.3. The van der Waals surface area contributed by atoms with Crippen LogP contribution in [0.2, 0.25) is 5.02 Å². The van der Waals surface area contributed by atoms with E-state index in [1.165, 1.54) is 10.5 Å². The molecule has 1 fully saturated rings. The Hall–Kier alpha value is -1.63. The lowest BCUT2D eigenvalue weighted by Gasteiger charge is -2.33. The maximum absolute atomic E-state index is 13.2. The first-order valence-corrected chi connectivity index (χ1v) is 10.4. The van der Waals surface area contributed by atoms with Crippen LogP contribution in [0.3, 0.4) is 0 Å². The second-order valence-electron chi connectivity index (χ2n) is 6.78. The number of rotatable bonds is 4. The first-order valence-electron chi connectivity index (χ1n) is 8.63. The van der Waals surface area contributed by atoms with Gasteiger partial charge in [0.25, 0.3) is 0 Å². The van der Waals surface area contributed by atoms with Gasteiger partial charge < -0.3 is 4.74 Å². The molecule has 0 N–H and O–H groups in total. The van der Waals surface area contributed by atoms with Crippen molar-refractivity contribution in [1.82, 2.24) is 9.29 Å². The summed E-state index contributed by atoms with van der Waals surface area (Å²) >= 11 is 6.10. The Morgan fingerprint density at radius 3 is 2.58 bits per heavy atom. The van der Waals surface area contributed by atoms with Gasteiger partial charge in [0.2, 0.25) is 10.0 Å². The van der Waals surface area contributed by atoms with Gasteiger partial charge in [0.1, 0.15) is 16.9 Å². The molecule has 3 rings (SSSR count). The number of aromatic nitrogens is 1. The number of hydrogen-bond donors (Lipinski definition) is 0. The van der Waals surface area contributed by atoms with E-state index in [0.717, 1.165) is 29.5 Å². The summed E-state index contributed by atoms with van der Waals surface area (Å²) in [5.74, 6) is 0.536. The molecule has 5 nitrogen and oxygen atoms in total. The number of pyridine rings is 1. The molecule has 1 saturated heterocycles. The summed E-state index contributed by atoms with van der Waals surface area (Å²) < 4.78 is 34.0. The number of benzene rings is 1. The zero-order valence-electron chi connectivity index (χ0n) is 15.2. The van der Waals surface area contributed by atoms with Gasteiger partial charge in [0, 0.05) is 25.0 Å². The van der Waals surface area contributed by atoms with Crippen molar-refractivity contribution in [2.75, 3.05) is 13.1 Å². The number of aryl methyl sites for hydroxylation is 3. The predicted octanol–water partition coefficient (Wildman–Crippen LogP) is 3.89. The Bertz CT molecular complexity index is 892. The van der Waals surface area contributed by atoms with E-state index in [9.17, 15) is 8.42 Å². The minimum atomic E-state index is -3.57. The van der Waals surface area contributed by atoms with Gasteiger partial charge in [-0.15, -0.1) is 0 Å². The maximum atomic E-state index is 13.2. The van der Waals surface area contributed by atoms with E-state index in [0.29, 0.717) is 28.8 Å². The summed E-state index contributed by atoms with van der Waals surface area (Å²) in [6.45, 7) is 6.48. The van der Waals surface area contributed by atoms with E-state index in [1.807, 2.05) is 32.9 Å². The SMILES string of the molecule is Cc1cc(C)c(S(=O)(=O)N2CCC[C@H](Oc3ccncc3Cl)C2)c(C)c1. The number of hydrogen-bond acceptors (Lipinski definition) is 4. The summed E-state index contributed by atoms with van der Waals surface area (Å²) in [4.78, 5) is 4.35. The second-order valence-corrected chi connectivity index (χ2v) is 9.06. The fraction of sp³-hybridized carbons (Fsp3) is 0.421. The highest BCUT2D eigenvalue weighted by Gasteiger charge is 2.33. The van der Waals surface area contributed by atoms with Crippen molar-refractivity contribution in [3.63, 3.8) is 0 Å². The van der Waals surface area contributed by atoms with Gasteiger partial charge in [0.15, 0.2) is 0 Å². The monoisotopic (exact) mass is 394 g/mol. The van der Waals surface area contributed by atoms with Gasteiger partial charge in [0.05, 0.1) is 11.4 Å². The molecule has 1 aliphatic heterocycles. The van der Waals surface area contributed by atoms with E-state index in [-0.39, 0.29) is 6.10 Å². The van der Waals surface area contributed by atoms with Crippen molar-refractivity contribution >= 4 is 21.6 Å². The third kappa shape index (κ3) is 3.87. The minimum absolute atomic E-state index is 0.232. The summed E-state index contributed by atoms with van der Waals surface area (Å²) in [5.41, 5.74) is 2.62. The van der Waals surface area contributed by atoms with E-state index in [2.05, 4.69) is 4.98 Å². The molecule has 1 aromatic heterocycles. The topological polar surface area (TPSA) is 59.5 Å². The molecule has 1 aromatic carbocycles. The van der Waals surface area contributed by atoms with Crippen molar-refractivity contribution in [2.24, 2.45) is 0 Å². The molecule has 0 aliphatic carbocycles. The van der Waals surface area contributed by atoms with Gasteiger partial charge in [-0.2, -0.15) is 4.31 Å².